The van der Waals surface area contributed by atoms with Crippen molar-refractivity contribution in [3.8, 4) is 11.4 Å². The van der Waals surface area contributed by atoms with Crippen molar-refractivity contribution >= 4 is 40.1 Å². The molecule has 7 heteroatoms. The van der Waals surface area contributed by atoms with Crippen molar-refractivity contribution in [3.63, 3.8) is 0 Å². The van der Waals surface area contributed by atoms with Crippen LogP contribution in [0.25, 0.3) is 22.3 Å². The molecule has 3 aromatic rings. The molecule has 0 bridgehead atoms. The van der Waals surface area contributed by atoms with Gasteiger partial charge in [-0.2, -0.15) is 0 Å². The summed E-state index contributed by atoms with van der Waals surface area (Å²) in [6, 6.07) is 9.77. The molecule has 0 spiro atoms. The van der Waals surface area contributed by atoms with E-state index in [4.69, 9.17) is 23.2 Å². The number of carbonyl (C=O) groups excluding carboxylic acids is 1. The zero-order valence-electron chi connectivity index (χ0n) is 11.9. The summed E-state index contributed by atoms with van der Waals surface area (Å²) in [6.45, 7) is 0. The molecule has 1 aromatic heterocycles. The first-order valence-electron chi connectivity index (χ1n) is 6.58. The van der Waals surface area contributed by atoms with Gasteiger partial charge in [-0.15, -0.1) is 0 Å². The van der Waals surface area contributed by atoms with Crippen LogP contribution in [0.4, 0.5) is 0 Å². The fourth-order valence-electron chi connectivity index (χ4n) is 2.24. The minimum atomic E-state index is -0.555. The Bertz CT molecular complexity index is 959. The summed E-state index contributed by atoms with van der Waals surface area (Å²) >= 11 is 12.4. The fourth-order valence-corrected chi connectivity index (χ4v) is 2.91. The molecule has 0 fully saturated rings. The van der Waals surface area contributed by atoms with Crippen molar-refractivity contribution in [2.45, 2.75) is 0 Å². The number of nitrogens with one attached hydrogen (secondary N) is 1. The predicted octanol–water partition coefficient (Wildman–Crippen LogP) is 3.68. The van der Waals surface area contributed by atoms with E-state index in [2.05, 4.69) is 14.7 Å². The lowest BCUT2D eigenvalue weighted by molar-refractivity contribution is 0.0601. The SMILES string of the molecule is COC(=O)c1cc(Cl)c(-c2nc3ccccc3c(=O)[nH]2)c(Cl)c1. The van der Waals surface area contributed by atoms with Crippen molar-refractivity contribution in [1.82, 2.24) is 9.97 Å². The molecule has 0 aliphatic heterocycles. The molecule has 0 radical (unpaired) electrons. The van der Waals surface area contributed by atoms with Crippen LogP contribution in [0.3, 0.4) is 0 Å². The number of H-pyrrole nitrogens is 1. The number of methoxy groups -OCH3 is 1. The average Bonchev–Trinajstić information content (AvgIpc) is 2.53. The van der Waals surface area contributed by atoms with E-state index in [1.54, 1.807) is 24.3 Å². The lowest BCUT2D eigenvalue weighted by atomic mass is 10.1. The molecule has 0 aliphatic rings. The quantitative estimate of drug-likeness (QED) is 0.717. The summed E-state index contributed by atoms with van der Waals surface area (Å²) in [5.41, 5.74) is 0.795. The van der Waals surface area contributed by atoms with Crippen molar-refractivity contribution in [2.24, 2.45) is 0 Å². The Labute approximate surface area is 140 Å². The monoisotopic (exact) mass is 348 g/mol. The molecule has 0 unspecified atom stereocenters. The Morgan fingerprint density at radius 1 is 1.17 bits per heavy atom. The van der Waals surface area contributed by atoms with Gasteiger partial charge in [0.05, 0.1) is 39.2 Å². The van der Waals surface area contributed by atoms with Gasteiger partial charge in [0.15, 0.2) is 0 Å². The number of fused-ring (bicyclic) bond motifs is 1. The number of benzene rings is 2. The molecule has 116 valence electrons. The summed E-state index contributed by atoms with van der Waals surface area (Å²) in [5, 5.41) is 0.849. The van der Waals surface area contributed by atoms with E-state index in [1.165, 1.54) is 19.2 Å². The van der Waals surface area contributed by atoms with Gasteiger partial charge in [-0.1, -0.05) is 35.3 Å². The van der Waals surface area contributed by atoms with Gasteiger partial charge in [0.1, 0.15) is 5.82 Å². The van der Waals surface area contributed by atoms with Crippen LogP contribution in [0.2, 0.25) is 10.0 Å². The van der Waals surface area contributed by atoms with Gasteiger partial charge in [-0.3, -0.25) is 4.79 Å². The van der Waals surface area contributed by atoms with Crippen LogP contribution in [0.15, 0.2) is 41.2 Å². The third-order valence-electron chi connectivity index (χ3n) is 3.31. The maximum atomic E-state index is 12.2. The average molecular weight is 349 g/mol. The maximum Gasteiger partial charge on any atom is 0.337 e. The molecule has 0 amide bonds. The summed E-state index contributed by atoms with van der Waals surface area (Å²) in [4.78, 5) is 30.8. The lowest BCUT2D eigenvalue weighted by Crippen LogP contribution is -2.10. The Hall–Kier alpha value is -2.37. The smallest absolute Gasteiger partial charge is 0.337 e. The van der Waals surface area contributed by atoms with Crippen LogP contribution in [0.1, 0.15) is 10.4 Å². The van der Waals surface area contributed by atoms with E-state index in [1.807, 2.05) is 0 Å². The number of halogens is 2. The highest BCUT2D eigenvalue weighted by Crippen LogP contribution is 2.34. The van der Waals surface area contributed by atoms with E-state index in [9.17, 15) is 9.59 Å². The summed E-state index contributed by atoms with van der Waals surface area (Å²) < 4.78 is 4.64. The van der Waals surface area contributed by atoms with Gasteiger partial charge in [-0.25, -0.2) is 9.78 Å². The number of esters is 1. The topological polar surface area (TPSA) is 72.0 Å². The first kappa shape index (κ1) is 15.5. The van der Waals surface area contributed by atoms with Crippen LogP contribution in [-0.2, 0) is 4.74 Å². The molecule has 5 nitrogen and oxygen atoms in total. The number of aromatic amines is 1. The molecule has 0 aliphatic carbocycles. The first-order valence-corrected chi connectivity index (χ1v) is 7.33. The van der Waals surface area contributed by atoms with Gasteiger partial charge in [-0.05, 0) is 24.3 Å². The van der Waals surface area contributed by atoms with Gasteiger partial charge >= 0.3 is 5.97 Å². The van der Waals surface area contributed by atoms with Crippen molar-refractivity contribution in [3.05, 3.63) is 62.4 Å². The van der Waals surface area contributed by atoms with Gasteiger partial charge in [0.2, 0.25) is 0 Å². The highest BCUT2D eigenvalue weighted by Gasteiger charge is 2.17. The van der Waals surface area contributed by atoms with E-state index >= 15 is 0 Å². The minimum Gasteiger partial charge on any atom is -0.465 e. The Morgan fingerprint density at radius 3 is 2.48 bits per heavy atom. The third kappa shape index (κ3) is 2.81. The van der Waals surface area contributed by atoms with Crippen LogP contribution in [0.5, 0.6) is 0 Å². The molecule has 0 atom stereocenters. The number of rotatable bonds is 2. The van der Waals surface area contributed by atoms with Crippen molar-refractivity contribution in [2.75, 3.05) is 7.11 Å². The van der Waals surface area contributed by atoms with E-state index in [0.717, 1.165) is 0 Å². The number of aromatic nitrogens is 2. The minimum absolute atomic E-state index is 0.191. The van der Waals surface area contributed by atoms with E-state index in [0.29, 0.717) is 16.5 Å². The second-order valence-electron chi connectivity index (χ2n) is 4.74. The van der Waals surface area contributed by atoms with Crippen LogP contribution < -0.4 is 5.56 Å². The molecular weight excluding hydrogens is 339 g/mol. The Balaban J connectivity index is 2.23. The van der Waals surface area contributed by atoms with E-state index in [-0.39, 0.29) is 27.0 Å². The van der Waals surface area contributed by atoms with Gasteiger partial charge in [0.25, 0.3) is 5.56 Å². The third-order valence-corrected chi connectivity index (χ3v) is 3.91. The van der Waals surface area contributed by atoms with E-state index < -0.39 is 5.97 Å². The number of para-hydroxylation sites is 1. The first-order chi connectivity index (χ1) is 11.0. The normalized spacial score (nSPS) is 10.7. The highest BCUT2D eigenvalue weighted by atomic mass is 35.5. The standard InChI is InChI=1S/C16H10Cl2N2O3/c1-23-16(22)8-6-10(17)13(11(18)7-8)14-19-12-5-3-2-4-9(12)15(21)20-14/h2-7H,1H3,(H,19,20,21). The van der Waals surface area contributed by atoms with Gasteiger partial charge in [0, 0.05) is 0 Å². The predicted molar refractivity (Wildman–Crippen MR) is 89.2 cm³/mol. The zero-order chi connectivity index (χ0) is 16.6. The largest absolute Gasteiger partial charge is 0.465 e. The summed E-state index contributed by atoms with van der Waals surface area (Å²) in [6.07, 6.45) is 0. The molecule has 2 aromatic carbocycles. The fraction of sp³-hybridized carbons (Fsp3) is 0.0625. The number of carbonyl (C=O) groups is 1. The number of nitrogens with zero attached hydrogens (tertiary/aromatic N) is 1. The van der Waals surface area contributed by atoms with Crippen LogP contribution >= 0.6 is 23.2 Å². The molecular formula is C16H10Cl2N2O3. The lowest BCUT2D eigenvalue weighted by Gasteiger charge is -2.09. The Kier molecular flexibility index (Phi) is 4.07. The Morgan fingerprint density at radius 2 is 1.83 bits per heavy atom. The molecule has 23 heavy (non-hydrogen) atoms. The van der Waals surface area contributed by atoms with Crippen molar-refractivity contribution < 1.29 is 9.53 Å². The summed E-state index contributed by atoms with van der Waals surface area (Å²) in [5.74, 6) is -0.319. The summed E-state index contributed by atoms with van der Waals surface area (Å²) in [7, 11) is 1.26. The van der Waals surface area contributed by atoms with Crippen LogP contribution in [0, 0.1) is 0 Å². The maximum absolute atomic E-state index is 12.2. The zero-order valence-corrected chi connectivity index (χ0v) is 13.4. The number of hydrogen-bond donors (Lipinski definition) is 1. The highest BCUT2D eigenvalue weighted by molar-refractivity contribution is 6.39. The number of ether oxygens (including phenoxy) is 1. The molecule has 3 rings (SSSR count). The molecule has 0 saturated heterocycles. The second kappa shape index (κ2) is 6.02. The van der Waals surface area contributed by atoms with Crippen LogP contribution in [-0.4, -0.2) is 23.0 Å². The molecule has 1 N–H and O–H groups in total. The van der Waals surface area contributed by atoms with Crippen molar-refractivity contribution in [1.29, 1.82) is 0 Å². The molecule has 1 heterocycles. The number of hydrogen-bond acceptors (Lipinski definition) is 4. The second-order valence-corrected chi connectivity index (χ2v) is 5.55. The van der Waals surface area contributed by atoms with Gasteiger partial charge < -0.3 is 9.72 Å². The molecule has 0 saturated carbocycles.